The van der Waals surface area contributed by atoms with Crippen molar-refractivity contribution in [2.24, 2.45) is 0 Å². The first-order chi connectivity index (χ1) is 11.4. The van der Waals surface area contributed by atoms with Crippen molar-refractivity contribution >= 4 is 18.5 Å². The lowest BCUT2D eigenvalue weighted by atomic mass is 9.81. The lowest BCUT2D eigenvalue weighted by Gasteiger charge is -2.32. The monoisotopic (exact) mass is 329 g/mol. The van der Waals surface area contributed by atoms with Gasteiger partial charge in [0, 0.05) is 24.4 Å². The van der Waals surface area contributed by atoms with Gasteiger partial charge in [-0.1, -0.05) is 11.6 Å². The number of allylic oxidation sites excluding steroid dienone is 1. The van der Waals surface area contributed by atoms with Crippen LogP contribution in [-0.4, -0.2) is 34.8 Å². The summed E-state index contributed by atoms with van der Waals surface area (Å²) >= 11 is 0. The average Bonchev–Trinajstić information content (AvgIpc) is 2.77. The van der Waals surface area contributed by atoms with Crippen molar-refractivity contribution in [1.82, 2.24) is 9.97 Å². The summed E-state index contributed by atoms with van der Waals surface area (Å²) in [4.78, 5) is 8.80. The third kappa shape index (κ3) is 3.81. The van der Waals surface area contributed by atoms with E-state index in [-0.39, 0.29) is 11.2 Å². The first kappa shape index (κ1) is 17.4. The van der Waals surface area contributed by atoms with E-state index in [4.69, 9.17) is 9.31 Å². The first-order valence-corrected chi connectivity index (χ1v) is 8.97. The molecule has 0 bridgehead atoms. The second kappa shape index (κ2) is 6.85. The number of nitrogens with one attached hydrogen (secondary N) is 1. The predicted octanol–water partition coefficient (Wildman–Crippen LogP) is 3.08. The molecular weight excluding hydrogens is 301 g/mol. The van der Waals surface area contributed by atoms with E-state index < -0.39 is 7.12 Å². The molecule has 1 saturated heterocycles. The van der Waals surface area contributed by atoms with E-state index >= 15 is 0 Å². The van der Waals surface area contributed by atoms with Crippen molar-refractivity contribution in [3.8, 4) is 0 Å². The maximum atomic E-state index is 6.02. The number of aromatic nitrogens is 2. The number of anilines is 1. The van der Waals surface area contributed by atoms with E-state index in [1.54, 1.807) is 18.0 Å². The molecule has 3 rings (SSSR count). The molecule has 6 heteroatoms. The number of rotatable bonds is 5. The van der Waals surface area contributed by atoms with Gasteiger partial charge in [-0.2, -0.15) is 0 Å². The molecule has 24 heavy (non-hydrogen) atoms. The van der Waals surface area contributed by atoms with E-state index in [9.17, 15) is 0 Å². The number of hydrogen-bond donors (Lipinski definition) is 1. The predicted molar refractivity (Wildman–Crippen MR) is 97.4 cm³/mol. The highest BCUT2D eigenvalue weighted by Crippen LogP contribution is 2.36. The molecule has 1 aromatic heterocycles. The lowest BCUT2D eigenvalue weighted by Crippen LogP contribution is -2.41. The quantitative estimate of drug-likeness (QED) is 0.665. The van der Waals surface area contributed by atoms with Gasteiger partial charge in [0.25, 0.3) is 0 Å². The summed E-state index contributed by atoms with van der Waals surface area (Å²) in [6.07, 6.45) is 12.2. The molecule has 1 fully saturated rings. The van der Waals surface area contributed by atoms with Crippen LogP contribution in [0.15, 0.2) is 24.0 Å². The van der Waals surface area contributed by atoms with Crippen molar-refractivity contribution in [2.45, 2.75) is 71.0 Å². The maximum Gasteiger partial charge on any atom is 0.498 e. The van der Waals surface area contributed by atoms with Gasteiger partial charge < -0.3 is 14.6 Å². The van der Waals surface area contributed by atoms with Crippen molar-refractivity contribution in [3.63, 3.8) is 0 Å². The van der Waals surface area contributed by atoms with Gasteiger partial charge in [-0.25, -0.2) is 9.97 Å². The Morgan fingerprint density at radius 2 is 1.75 bits per heavy atom. The molecule has 1 aliphatic carbocycles. The molecule has 0 radical (unpaired) electrons. The SMILES string of the molecule is CC1(C)OB(c2cnc(NCCC3=CCCCC3)nc2)OC1(C)C. The van der Waals surface area contributed by atoms with Crippen molar-refractivity contribution in [2.75, 3.05) is 11.9 Å². The lowest BCUT2D eigenvalue weighted by molar-refractivity contribution is 0.00578. The Morgan fingerprint density at radius 3 is 2.33 bits per heavy atom. The third-order valence-electron chi connectivity index (χ3n) is 5.31. The standard InChI is InChI=1S/C18H28BN3O2/c1-17(2)18(3,4)24-19(23-17)15-12-21-16(22-13-15)20-11-10-14-8-6-5-7-9-14/h8,12-13H,5-7,9-11H2,1-4H3,(H,20,21,22). The van der Waals surface area contributed by atoms with Gasteiger partial charge >= 0.3 is 7.12 Å². The zero-order valence-corrected chi connectivity index (χ0v) is 15.3. The fourth-order valence-electron chi connectivity index (χ4n) is 3.00. The average molecular weight is 329 g/mol. The summed E-state index contributed by atoms with van der Waals surface area (Å²) in [6.45, 7) is 9.06. The highest BCUT2D eigenvalue weighted by Gasteiger charge is 2.51. The van der Waals surface area contributed by atoms with E-state index in [1.807, 2.05) is 27.7 Å². The molecule has 1 aliphatic heterocycles. The van der Waals surface area contributed by atoms with Crippen molar-refractivity contribution in [1.29, 1.82) is 0 Å². The van der Waals surface area contributed by atoms with Crippen LogP contribution in [0.3, 0.4) is 0 Å². The first-order valence-electron chi connectivity index (χ1n) is 8.97. The molecule has 130 valence electrons. The van der Waals surface area contributed by atoms with Gasteiger partial charge in [0.1, 0.15) is 0 Å². The zero-order chi connectivity index (χ0) is 17.2. The third-order valence-corrected chi connectivity index (χ3v) is 5.31. The zero-order valence-electron chi connectivity index (χ0n) is 15.3. The minimum absolute atomic E-state index is 0.345. The summed E-state index contributed by atoms with van der Waals surface area (Å²) in [5.74, 6) is 0.659. The summed E-state index contributed by atoms with van der Waals surface area (Å²) in [7, 11) is -0.406. The fourth-order valence-corrected chi connectivity index (χ4v) is 3.00. The van der Waals surface area contributed by atoms with Gasteiger partial charge in [0.2, 0.25) is 5.95 Å². The Morgan fingerprint density at radius 1 is 1.08 bits per heavy atom. The fraction of sp³-hybridized carbons (Fsp3) is 0.667. The van der Waals surface area contributed by atoms with Crippen LogP contribution in [0, 0.1) is 0 Å². The van der Waals surface area contributed by atoms with Gasteiger partial charge in [0.05, 0.1) is 11.2 Å². The molecule has 5 nitrogen and oxygen atoms in total. The second-order valence-electron chi connectivity index (χ2n) is 7.71. The summed E-state index contributed by atoms with van der Waals surface area (Å²) < 4.78 is 12.0. The molecule has 0 aromatic carbocycles. The van der Waals surface area contributed by atoms with Crippen LogP contribution in [-0.2, 0) is 9.31 Å². The Balaban J connectivity index is 1.53. The summed E-state index contributed by atoms with van der Waals surface area (Å²) in [6, 6.07) is 0. The van der Waals surface area contributed by atoms with Crippen LogP contribution in [0.2, 0.25) is 0 Å². The summed E-state index contributed by atoms with van der Waals surface area (Å²) in [5, 5.41) is 3.30. The van der Waals surface area contributed by atoms with Gasteiger partial charge in [0.15, 0.2) is 0 Å². The van der Waals surface area contributed by atoms with Crippen molar-refractivity contribution in [3.05, 3.63) is 24.0 Å². The minimum atomic E-state index is -0.406. The highest BCUT2D eigenvalue weighted by molar-refractivity contribution is 6.61. The van der Waals surface area contributed by atoms with E-state index in [0.29, 0.717) is 5.95 Å². The van der Waals surface area contributed by atoms with E-state index in [0.717, 1.165) is 18.4 Å². The van der Waals surface area contributed by atoms with Gasteiger partial charge in [-0.3, -0.25) is 0 Å². The van der Waals surface area contributed by atoms with Crippen LogP contribution in [0.25, 0.3) is 0 Å². The minimum Gasteiger partial charge on any atom is -0.399 e. The Kier molecular flexibility index (Phi) is 4.97. The Hall–Kier alpha value is -1.40. The van der Waals surface area contributed by atoms with Gasteiger partial charge in [-0.15, -0.1) is 0 Å². The van der Waals surface area contributed by atoms with Crippen LogP contribution in [0.4, 0.5) is 5.95 Å². The molecule has 0 atom stereocenters. The molecule has 2 heterocycles. The molecule has 1 N–H and O–H groups in total. The molecule has 0 saturated carbocycles. The normalized spacial score (nSPS) is 22.3. The Labute approximate surface area is 145 Å². The topological polar surface area (TPSA) is 56.3 Å². The van der Waals surface area contributed by atoms with Crippen LogP contribution in [0.5, 0.6) is 0 Å². The van der Waals surface area contributed by atoms with Crippen LogP contribution >= 0.6 is 0 Å². The molecule has 0 unspecified atom stereocenters. The largest absolute Gasteiger partial charge is 0.498 e. The van der Waals surface area contributed by atoms with Crippen LogP contribution in [0.1, 0.15) is 59.8 Å². The Bertz CT molecular complexity index is 583. The van der Waals surface area contributed by atoms with E-state index in [1.165, 1.54) is 25.7 Å². The smallest absolute Gasteiger partial charge is 0.399 e. The molecular formula is C18H28BN3O2. The van der Waals surface area contributed by atoms with Crippen molar-refractivity contribution < 1.29 is 9.31 Å². The molecule has 0 amide bonds. The number of nitrogens with zero attached hydrogens (tertiary/aromatic N) is 2. The summed E-state index contributed by atoms with van der Waals surface area (Å²) in [5.41, 5.74) is 1.72. The van der Waals surface area contributed by atoms with Gasteiger partial charge in [-0.05, 0) is 59.8 Å². The van der Waals surface area contributed by atoms with Crippen LogP contribution < -0.4 is 10.8 Å². The molecule has 0 spiro atoms. The molecule has 2 aliphatic rings. The second-order valence-corrected chi connectivity index (χ2v) is 7.71. The highest BCUT2D eigenvalue weighted by atomic mass is 16.7. The number of hydrogen-bond acceptors (Lipinski definition) is 5. The van der Waals surface area contributed by atoms with E-state index in [2.05, 4.69) is 21.4 Å². The molecule has 1 aromatic rings. The maximum absolute atomic E-state index is 6.02.